The second-order valence-corrected chi connectivity index (χ2v) is 4.97. The minimum atomic E-state index is -4.22. The largest absolute Gasteiger partial charge is 0.409 e. The average molecular weight is 307 g/mol. The molecule has 0 aliphatic rings. The fourth-order valence-electron chi connectivity index (χ4n) is 1.46. The number of allylic oxidation sites excluding steroid dienone is 2. The lowest BCUT2D eigenvalue weighted by atomic mass is 10.1. The molecule has 0 saturated heterocycles. The van der Waals surface area contributed by atoms with Crippen molar-refractivity contribution in [2.75, 3.05) is 0 Å². The van der Waals surface area contributed by atoms with Crippen molar-refractivity contribution in [2.45, 2.75) is 30.3 Å². The SMILES string of the molecule is FC(F)(F)/C=C/C(Br)CCCc1ccccc1. The summed E-state index contributed by atoms with van der Waals surface area (Å²) in [6.07, 6.45) is -0.322. The van der Waals surface area contributed by atoms with Crippen LogP contribution in [0.15, 0.2) is 42.5 Å². The van der Waals surface area contributed by atoms with Gasteiger partial charge in [0.25, 0.3) is 0 Å². The Balaban J connectivity index is 2.25. The molecule has 1 aromatic carbocycles. The molecule has 0 heterocycles. The maximum Gasteiger partial charge on any atom is 0.409 e. The Bertz CT molecular complexity index is 343. The highest BCUT2D eigenvalue weighted by Gasteiger charge is 2.22. The van der Waals surface area contributed by atoms with E-state index >= 15 is 0 Å². The van der Waals surface area contributed by atoms with E-state index in [-0.39, 0.29) is 10.9 Å². The third-order valence-electron chi connectivity index (χ3n) is 2.28. The molecule has 1 aromatic rings. The minimum Gasteiger partial charge on any atom is -0.167 e. The Kier molecular flexibility index (Phi) is 5.75. The monoisotopic (exact) mass is 306 g/mol. The summed E-state index contributed by atoms with van der Waals surface area (Å²) < 4.78 is 35.7. The van der Waals surface area contributed by atoms with E-state index in [1.807, 2.05) is 30.3 Å². The molecular weight excluding hydrogens is 293 g/mol. The minimum absolute atomic E-state index is 0.215. The number of aryl methyl sites for hydroxylation is 1. The first-order chi connectivity index (χ1) is 7.97. The number of rotatable bonds is 5. The van der Waals surface area contributed by atoms with Gasteiger partial charge in [-0.1, -0.05) is 52.3 Å². The Morgan fingerprint density at radius 3 is 2.41 bits per heavy atom. The number of alkyl halides is 4. The van der Waals surface area contributed by atoms with Crippen molar-refractivity contribution in [1.82, 2.24) is 0 Å². The molecule has 0 N–H and O–H groups in total. The molecule has 0 fully saturated rings. The summed E-state index contributed by atoms with van der Waals surface area (Å²) in [6, 6.07) is 9.92. The lowest BCUT2D eigenvalue weighted by molar-refractivity contribution is -0.0800. The molecular formula is C13H14BrF3. The normalized spacial score (nSPS) is 14.1. The van der Waals surface area contributed by atoms with E-state index < -0.39 is 6.18 Å². The number of hydrogen-bond donors (Lipinski definition) is 0. The van der Waals surface area contributed by atoms with Crippen LogP contribution in [0.4, 0.5) is 13.2 Å². The molecule has 0 nitrogen and oxygen atoms in total. The van der Waals surface area contributed by atoms with Crippen molar-refractivity contribution in [3.05, 3.63) is 48.0 Å². The molecule has 0 aromatic heterocycles. The fourth-order valence-corrected chi connectivity index (χ4v) is 1.93. The second-order valence-electron chi connectivity index (χ2n) is 3.79. The van der Waals surface area contributed by atoms with E-state index in [2.05, 4.69) is 15.9 Å². The molecule has 4 heteroatoms. The van der Waals surface area contributed by atoms with Gasteiger partial charge >= 0.3 is 6.18 Å². The average Bonchev–Trinajstić information content (AvgIpc) is 2.27. The van der Waals surface area contributed by atoms with Crippen LogP contribution in [0.5, 0.6) is 0 Å². The maximum atomic E-state index is 11.9. The fraction of sp³-hybridized carbons (Fsp3) is 0.385. The van der Waals surface area contributed by atoms with E-state index in [4.69, 9.17) is 0 Å². The highest BCUT2D eigenvalue weighted by Crippen LogP contribution is 2.19. The van der Waals surface area contributed by atoms with Gasteiger partial charge in [0, 0.05) is 10.9 Å². The lowest BCUT2D eigenvalue weighted by Crippen LogP contribution is -2.03. The Hall–Kier alpha value is -0.770. The van der Waals surface area contributed by atoms with Crippen LogP contribution in [0.3, 0.4) is 0 Å². The van der Waals surface area contributed by atoms with Crippen LogP contribution >= 0.6 is 15.9 Å². The van der Waals surface area contributed by atoms with E-state index in [9.17, 15) is 13.2 Å². The Morgan fingerprint density at radius 2 is 1.82 bits per heavy atom. The number of benzene rings is 1. The zero-order chi connectivity index (χ0) is 12.7. The molecule has 0 bridgehead atoms. The third-order valence-corrected chi connectivity index (χ3v) is 3.05. The summed E-state index contributed by atoms with van der Waals surface area (Å²) >= 11 is 3.22. The molecule has 0 aliphatic heterocycles. The molecule has 0 saturated carbocycles. The molecule has 17 heavy (non-hydrogen) atoms. The molecule has 0 amide bonds. The van der Waals surface area contributed by atoms with Crippen molar-refractivity contribution < 1.29 is 13.2 Å². The van der Waals surface area contributed by atoms with Crippen LogP contribution < -0.4 is 0 Å². The van der Waals surface area contributed by atoms with E-state index in [0.717, 1.165) is 18.9 Å². The topological polar surface area (TPSA) is 0 Å². The molecule has 1 atom stereocenters. The first kappa shape index (κ1) is 14.3. The van der Waals surface area contributed by atoms with Gasteiger partial charge in [0.05, 0.1) is 0 Å². The van der Waals surface area contributed by atoms with Gasteiger partial charge in [0.1, 0.15) is 0 Å². The van der Waals surface area contributed by atoms with Gasteiger partial charge < -0.3 is 0 Å². The van der Waals surface area contributed by atoms with Crippen molar-refractivity contribution in [3.8, 4) is 0 Å². The van der Waals surface area contributed by atoms with Crippen molar-refractivity contribution >= 4 is 15.9 Å². The van der Waals surface area contributed by atoms with Gasteiger partial charge in [0.15, 0.2) is 0 Å². The molecule has 0 aliphatic carbocycles. The Labute approximate surface area is 108 Å². The van der Waals surface area contributed by atoms with Crippen molar-refractivity contribution in [1.29, 1.82) is 0 Å². The van der Waals surface area contributed by atoms with Gasteiger partial charge in [0.2, 0.25) is 0 Å². The summed E-state index contributed by atoms with van der Waals surface area (Å²) in [5.74, 6) is 0. The molecule has 0 radical (unpaired) electrons. The van der Waals surface area contributed by atoms with Crippen molar-refractivity contribution in [2.24, 2.45) is 0 Å². The Morgan fingerprint density at radius 1 is 1.18 bits per heavy atom. The van der Waals surface area contributed by atoms with Crippen LogP contribution in [0.2, 0.25) is 0 Å². The number of halogens is 4. The molecule has 0 spiro atoms. The summed E-state index contributed by atoms with van der Waals surface area (Å²) in [5, 5.41) is 0. The predicted octanol–water partition coefficient (Wildman–Crippen LogP) is 4.89. The predicted molar refractivity (Wildman–Crippen MR) is 67.3 cm³/mol. The molecule has 94 valence electrons. The van der Waals surface area contributed by atoms with E-state index in [1.54, 1.807) is 0 Å². The van der Waals surface area contributed by atoms with Crippen LogP contribution in [0.25, 0.3) is 0 Å². The van der Waals surface area contributed by atoms with Gasteiger partial charge in [-0.15, -0.1) is 0 Å². The standard InChI is InChI=1S/C13H14BrF3/c14-12(9-10-13(15,16)17)8-4-7-11-5-2-1-3-6-11/h1-3,5-6,9-10,12H,4,7-8H2/b10-9+. The summed E-state index contributed by atoms with van der Waals surface area (Å²) in [4.78, 5) is -0.215. The van der Waals surface area contributed by atoms with Crippen molar-refractivity contribution in [3.63, 3.8) is 0 Å². The van der Waals surface area contributed by atoms with Gasteiger partial charge in [-0.05, 0) is 24.8 Å². The zero-order valence-electron chi connectivity index (χ0n) is 9.25. The molecule has 1 rings (SSSR count). The number of hydrogen-bond acceptors (Lipinski definition) is 0. The third kappa shape index (κ3) is 7.21. The van der Waals surface area contributed by atoms with Gasteiger partial charge in [-0.25, -0.2) is 0 Å². The first-order valence-electron chi connectivity index (χ1n) is 5.41. The van der Waals surface area contributed by atoms with Gasteiger partial charge in [-0.3, -0.25) is 0 Å². The maximum absolute atomic E-state index is 11.9. The van der Waals surface area contributed by atoms with Crippen LogP contribution in [0.1, 0.15) is 18.4 Å². The zero-order valence-corrected chi connectivity index (χ0v) is 10.8. The molecule has 1 unspecified atom stereocenters. The van der Waals surface area contributed by atoms with E-state index in [1.165, 1.54) is 5.56 Å². The van der Waals surface area contributed by atoms with E-state index in [0.29, 0.717) is 6.42 Å². The van der Waals surface area contributed by atoms with Crippen LogP contribution in [-0.4, -0.2) is 11.0 Å². The highest BCUT2D eigenvalue weighted by molar-refractivity contribution is 9.09. The quantitative estimate of drug-likeness (QED) is 0.536. The lowest BCUT2D eigenvalue weighted by Gasteiger charge is -2.05. The second kappa shape index (κ2) is 6.84. The summed E-state index contributed by atoms with van der Waals surface area (Å²) in [7, 11) is 0. The summed E-state index contributed by atoms with van der Waals surface area (Å²) in [6.45, 7) is 0. The smallest absolute Gasteiger partial charge is 0.167 e. The van der Waals surface area contributed by atoms with Crippen LogP contribution in [0, 0.1) is 0 Å². The van der Waals surface area contributed by atoms with Crippen LogP contribution in [-0.2, 0) is 6.42 Å². The summed E-state index contributed by atoms with van der Waals surface area (Å²) in [5.41, 5.74) is 1.21. The van der Waals surface area contributed by atoms with Gasteiger partial charge in [-0.2, -0.15) is 13.2 Å². The first-order valence-corrected chi connectivity index (χ1v) is 6.33. The highest BCUT2D eigenvalue weighted by atomic mass is 79.9.